The molecule has 0 aromatic carbocycles. The molecule has 0 aliphatic rings. The topological polar surface area (TPSA) is 0 Å². The molecule has 0 radical (unpaired) electrons. The van der Waals surface area contributed by atoms with E-state index in [9.17, 15) is 0 Å². The van der Waals surface area contributed by atoms with Crippen LogP contribution in [0.3, 0.4) is 0 Å². The van der Waals surface area contributed by atoms with Crippen LogP contribution in [-0.4, -0.2) is 61.0 Å². The van der Waals surface area contributed by atoms with E-state index >= 15 is 0 Å². The second-order valence-corrected chi connectivity index (χ2v) is 48.7. The summed E-state index contributed by atoms with van der Waals surface area (Å²) in [7, 11) is -5.32. The quantitative estimate of drug-likeness (QED) is 0.269. The van der Waals surface area contributed by atoms with Crippen molar-refractivity contribution in [3.05, 3.63) is 0 Å². The van der Waals surface area contributed by atoms with Gasteiger partial charge in [-0.1, -0.05) is 0 Å². The molecule has 0 nitrogen and oxygen atoms in total. The minimum absolute atomic E-state index is 1.75. The molecule has 25 heavy (non-hydrogen) atoms. The first-order chi connectivity index (χ1) is 10.8. The van der Waals surface area contributed by atoms with Crippen molar-refractivity contribution in [1.29, 1.82) is 0 Å². The van der Waals surface area contributed by atoms with E-state index in [1.807, 2.05) is 0 Å². The van der Waals surface area contributed by atoms with Crippen LogP contribution in [-0.2, 0) is 0 Å². The van der Waals surface area contributed by atoms with Crippen molar-refractivity contribution in [3.8, 4) is 41.1 Å². The van der Waals surface area contributed by atoms with Crippen molar-refractivity contribution in [2.24, 2.45) is 0 Å². The SMILES string of the molecule is C[Si](C)(C#C[Si](C)(C)C#[C][Sn]([CH3])([CH3])[CH3])C#C[Si](C)(C)C#[C][Sn]([CH3])([CH3])[CH3]. The molecule has 0 heterocycles. The van der Waals surface area contributed by atoms with Crippen LogP contribution in [0.25, 0.3) is 0 Å². The first-order valence-electron chi connectivity index (χ1n) is 9.00. The molecule has 0 rings (SSSR count). The molecule has 0 aliphatic carbocycles. The fourth-order valence-electron chi connectivity index (χ4n) is 1.41. The summed E-state index contributed by atoms with van der Waals surface area (Å²) in [6.07, 6.45) is 0. The molecule has 0 bridgehead atoms. The molecule has 0 N–H and O–H groups in total. The van der Waals surface area contributed by atoms with E-state index < -0.39 is 61.0 Å². The number of hydrogen-bond donors (Lipinski definition) is 0. The van der Waals surface area contributed by atoms with E-state index in [2.05, 4.69) is 110 Å². The Morgan fingerprint density at radius 2 is 0.600 bits per heavy atom. The van der Waals surface area contributed by atoms with Crippen LogP contribution in [0.4, 0.5) is 0 Å². The van der Waals surface area contributed by atoms with Crippen molar-refractivity contribution in [3.63, 3.8) is 0 Å². The van der Waals surface area contributed by atoms with Gasteiger partial charge in [0.05, 0.1) is 0 Å². The first kappa shape index (κ1) is 25.5. The van der Waals surface area contributed by atoms with E-state index in [4.69, 9.17) is 0 Å². The summed E-state index contributed by atoms with van der Waals surface area (Å²) < 4.78 is 7.16. The summed E-state index contributed by atoms with van der Waals surface area (Å²) in [5.74, 6) is 0. The second kappa shape index (κ2) is 9.12. The van der Waals surface area contributed by atoms with Gasteiger partial charge in [-0.05, 0) is 0 Å². The van der Waals surface area contributed by atoms with Gasteiger partial charge in [0.1, 0.15) is 0 Å². The standard InChI is InChI=1S/C14H18Si3.6CH3.2Sn/c1-9-15(3,4)11-13-17(7,8)14-12-16(5,6)10-2;;;;;;;;/h3-8H3;6*1H3;;. The van der Waals surface area contributed by atoms with Gasteiger partial charge in [-0.15, -0.1) is 0 Å². The van der Waals surface area contributed by atoms with E-state index in [1.54, 1.807) is 0 Å². The van der Waals surface area contributed by atoms with Gasteiger partial charge in [0.15, 0.2) is 0 Å². The van der Waals surface area contributed by atoms with Gasteiger partial charge in [0.2, 0.25) is 0 Å². The molecule has 0 fully saturated rings. The van der Waals surface area contributed by atoms with E-state index in [1.165, 1.54) is 0 Å². The minimum atomic E-state index is -2.02. The molecule has 0 aromatic heterocycles. The Morgan fingerprint density at radius 1 is 0.400 bits per heavy atom. The summed E-state index contributed by atoms with van der Waals surface area (Å²) in [4.78, 5) is 14.2. The van der Waals surface area contributed by atoms with Crippen LogP contribution < -0.4 is 0 Å². The summed E-state index contributed by atoms with van der Waals surface area (Å²) >= 11 is -4.05. The molecule has 0 atom stereocenters. The molecule has 0 aliphatic heterocycles. The molecule has 0 spiro atoms. The zero-order valence-electron chi connectivity index (χ0n) is 18.5. The maximum atomic E-state index is 3.58. The van der Waals surface area contributed by atoms with Gasteiger partial charge in [0, 0.05) is 0 Å². The van der Waals surface area contributed by atoms with Crippen molar-refractivity contribution in [2.75, 3.05) is 0 Å². The van der Waals surface area contributed by atoms with E-state index in [0.29, 0.717) is 0 Å². The maximum absolute atomic E-state index is 3.58. The van der Waals surface area contributed by atoms with Crippen molar-refractivity contribution >= 4 is 61.0 Å². The molecule has 136 valence electrons. The Bertz CT molecular complexity index is 669. The summed E-state index contributed by atoms with van der Waals surface area (Å²) in [5, 5.41) is 0. The molecule has 0 saturated heterocycles. The fourth-order valence-corrected chi connectivity index (χ4v) is 19.7. The predicted molar refractivity (Wildman–Crippen MR) is 130 cm³/mol. The van der Waals surface area contributed by atoms with Crippen molar-refractivity contribution < 1.29 is 0 Å². The summed E-state index contributed by atoms with van der Waals surface area (Å²) in [6, 6.07) is 0. The zero-order valence-corrected chi connectivity index (χ0v) is 27.2. The molecule has 0 saturated carbocycles. The predicted octanol–water partition coefficient (Wildman–Crippen LogP) is 5.12. The Hall–Kier alpha value is 0.488. The van der Waals surface area contributed by atoms with E-state index in [0.717, 1.165) is 0 Å². The Morgan fingerprint density at radius 3 is 0.800 bits per heavy atom. The molecule has 0 unspecified atom stereocenters. The number of rotatable bonds is 0. The Labute approximate surface area is 169 Å². The molecule has 5 heteroatoms. The van der Waals surface area contributed by atoms with Gasteiger partial charge >= 0.3 is 171 Å². The number of hydrogen-bond acceptors (Lipinski definition) is 0. The van der Waals surface area contributed by atoms with Crippen LogP contribution in [0, 0.1) is 41.1 Å². The Balaban J connectivity index is 5.45. The zero-order chi connectivity index (χ0) is 20.2. The summed E-state index contributed by atoms with van der Waals surface area (Å²) in [5.41, 5.74) is 21.4. The van der Waals surface area contributed by atoms with Crippen molar-refractivity contribution in [2.45, 2.75) is 68.9 Å². The molecule has 0 amide bonds. The van der Waals surface area contributed by atoms with Gasteiger partial charge < -0.3 is 0 Å². The van der Waals surface area contributed by atoms with Gasteiger partial charge in [-0.3, -0.25) is 0 Å². The van der Waals surface area contributed by atoms with Crippen LogP contribution in [0.2, 0.25) is 68.9 Å². The molecular formula is C20H36Si3Sn2. The van der Waals surface area contributed by atoms with Crippen LogP contribution >= 0.6 is 0 Å². The molecular weight excluding hydrogens is 562 g/mol. The fraction of sp³-hybridized carbons (Fsp3) is 0.600. The van der Waals surface area contributed by atoms with Crippen LogP contribution in [0.15, 0.2) is 0 Å². The van der Waals surface area contributed by atoms with Gasteiger partial charge in [-0.25, -0.2) is 0 Å². The normalized spacial score (nSPS) is 12.3. The second-order valence-electron chi connectivity index (χ2n) is 10.4. The average Bonchev–Trinajstić information content (AvgIpc) is 2.39. The van der Waals surface area contributed by atoms with Crippen LogP contribution in [0.5, 0.6) is 0 Å². The average molecular weight is 598 g/mol. The van der Waals surface area contributed by atoms with Gasteiger partial charge in [-0.2, -0.15) is 0 Å². The monoisotopic (exact) mass is 600 g/mol. The van der Waals surface area contributed by atoms with Crippen LogP contribution in [0.1, 0.15) is 0 Å². The third kappa shape index (κ3) is 15.3. The third-order valence-electron chi connectivity index (χ3n) is 2.88. The summed E-state index contributed by atoms with van der Waals surface area (Å²) in [6.45, 7) is 13.6. The van der Waals surface area contributed by atoms with Gasteiger partial charge in [0.25, 0.3) is 0 Å². The third-order valence-corrected chi connectivity index (χ3v) is 14.3. The Kier molecular flexibility index (Phi) is 9.30. The molecule has 0 aromatic rings. The van der Waals surface area contributed by atoms with E-state index in [-0.39, 0.29) is 0 Å². The first-order valence-corrected chi connectivity index (χ1v) is 38.0. The van der Waals surface area contributed by atoms with Crippen molar-refractivity contribution in [1.82, 2.24) is 0 Å².